The normalized spacial score (nSPS) is 27.5. The third-order valence-corrected chi connectivity index (χ3v) is 7.92. The largest absolute Gasteiger partial charge is 0.351 e. The Labute approximate surface area is 230 Å². The van der Waals surface area contributed by atoms with Crippen molar-refractivity contribution in [3.8, 4) is 0 Å². The summed E-state index contributed by atoms with van der Waals surface area (Å²) in [5.74, 6) is -5.81. The number of nitrogens with zero attached hydrogens (tertiary/aromatic N) is 2. The zero-order chi connectivity index (χ0) is 29.4. The van der Waals surface area contributed by atoms with E-state index >= 15 is 0 Å². The first-order valence-corrected chi connectivity index (χ1v) is 13.5. The van der Waals surface area contributed by atoms with Gasteiger partial charge in [-0.2, -0.15) is 8.78 Å². The first-order chi connectivity index (χ1) is 17.9. The number of hydrogen-bond acceptors (Lipinski definition) is 5. The number of carbonyl (C=O) groups is 5. The number of hydrogen-bond donors (Lipinski definition) is 3. The fraction of sp³-hybridized carbons (Fsp3) is 0.800. The minimum absolute atomic E-state index is 0.0522. The molecule has 2 saturated heterocycles. The molecule has 1 saturated carbocycles. The lowest BCUT2D eigenvalue weighted by Gasteiger charge is -2.37. The molecule has 3 fully saturated rings. The molecule has 1 aliphatic carbocycles. The molecule has 0 bridgehead atoms. The van der Waals surface area contributed by atoms with E-state index in [9.17, 15) is 37.1 Å². The highest BCUT2D eigenvalue weighted by Gasteiger charge is 2.52. The van der Waals surface area contributed by atoms with Crippen molar-refractivity contribution in [2.24, 2.45) is 23.2 Å². The molecule has 2 aliphatic heterocycles. The molecule has 3 aliphatic rings. The Hall–Kier alpha value is -2.57. The summed E-state index contributed by atoms with van der Waals surface area (Å²) in [7, 11) is 0. The van der Waals surface area contributed by atoms with E-state index in [2.05, 4.69) is 16.1 Å². The van der Waals surface area contributed by atoms with Crippen molar-refractivity contribution in [2.45, 2.75) is 90.0 Å². The van der Waals surface area contributed by atoms with Crippen LogP contribution in [0.4, 0.5) is 13.2 Å². The van der Waals surface area contributed by atoms with Crippen LogP contribution < -0.4 is 16.1 Å². The van der Waals surface area contributed by atoms with Crippen molar-refractivity contribution in [3.63, 3.8) is 0 Å². The summed E-state index contributed by atoms with van der Waals surface area (Å²) in [5.41, 5.74) is -1.63. The molecule has 0 spiro atoms. The zero-order valence-corrected chi connectivity index (χ0v) is 23.5. The van der Waals surface area contributed by atoms with E-state index in [0.29, 0.717) is 17.9 Å². The number of fused-ring (bicyclic) bond motifs is 1. The van der Waals surface area contributed by atoms with E-state index in [-0.39, 0.29) is 30.8 Å². The molecule has 14 heteroatoms. The van der Waals surface area contributed by atoms with Gasteiger partial charge in [-0.1, -0.05) is 38.8 Å². The van der Waals surface area contributed by atoms with Crippen molar-refractivity contribution in [2.75, 3.05) is 13.1 Å². The molecule has 10 nitrogen and oxygen atoms in total. The van der Waals surface area contributed by atoms with Gasteiger partial charge in [0.25, 0.3) is 23.4 Å². The van der Waals surface area contributed by atoms with E-state index in [1.807, 2.05) is 0 Å². The predicted molar refractivity (Wildman–Crippen MR) is 135 cm³/mol. The van der Waals surface area contributed by atoms with Gasteiger partial charge < -0.3 is 15.5 Å². The van der Waals surface area contributed by atoms with Gasteiger partial charge in [0.2, 0.25) is 11.8 Å². The second-order valence-corrected chi connectivity index (χ2v) is 12.8. The monoisotopic (exact) mass is 579 g/mol. The number of amides is 5. The van der Waals surface area contributed by atoms with Crippen LogP contribution >= 0.6 is 11.6 Å². The molecule has 3 N–H and O–H groups in total. The maximum atomic E-state index is 13.9. The minimum atomic E-state index is -3.33. The first kappa shape index (κ1) is 31.0. The highest BCUT2D eigenvalue weighted by molar-refractivity contribution is 6.29. The average molecular weight is 580 g/mol. The lowest BCUT2D eigenvalue weighted by molar-refractivity contribution is -0.151. The molecule has 220 valence electrons. The summed E-state index contributed by atoms with van der Waals surface area (Å²) in [4.78, 5) is 65.4. The van der Waals surface area contributed by atoms with Gasteiger partial charge in [0, 0.05) is 12.1 Å². The molecule has 0 unspecified atom stereocenters. The molecule has 0 aromatic carbocycles. The van der Waals surface area contributed by atoms with Gasteiger partial charge in [-0.15, -0.1) is 0 Å². The van der Waals surface area contributed by atoms with E-state index in [1.54, 1.807) is 34.6 Å². The summed E-state index contributed by atoms with van der Waals surface area (Å²) in [5, 5.41) is 5.55. The second kappa shape index (κ2) is 11.5. The van der Waals surface area contributed by atoms with Gasteiger partial charge in [0.15, 0.2) is 0 Å². The van der Waals surface area contributed by atoms with Crippen LogP contribution in [-0.4, -0.2) is 82.2 Å². The van der Waals surface area contributed by atoms with Crippen molar-refractivity contribution >= 4 is 41.1 Å². The molecule has 0 aromatic rings. The van der Waals surface area contributed by atoms with Crippen molar-refractivity contribution in [1.29, 1.82) is 0 Å². The molecule has 2 heterocycles. The topological polar surface area (TPSA) is 128 Å². The SMILES string of the molecule is CC1(C)C[C@H](CN(NC(=O)[C@@H]2[C@H]3CCC[C@H]3CN2C(=O)[C@@H](NC(=O)C(F)F)C(C)(C)C)C(=O)[C@H](F)Cl)C(=O)N1. The Morgan fingerprint density at radius 2 is 1.82 bits per heavy atom. The van der Waals surface area contributed by atoms with Gasteiger partial charge in [-0.05, 0) is 50.4 Å². The summed E-state index contributed by atoms with van der Waals surface area (Å²) in [6, 6.07) is -2.45. The zero-order valence-electron chi connectivity index (χ0n) is 22.7. The van der Waals surface area contributed by atoms with Crippen molar-refractivity contribution in [1.82, 2.24) is 26.0 Å². The van der Waals surface area contributed by atoms with Crippen molar-refractivity contribution in [3.05, 3.63) is 0 Å². The van der Waals surface area contributed by atoms with Crippen LogP contribution in [-0.2, 0) is 24.0 Å². The molecule has 5 amide bonds. The van der Waals surface area contributed by atoms with E-state index in [4.69, 9.17) is 11.6 Å². The van der Waals surface area contributed by atoms with Crippen molar-refractivity contribution < 1.29 is 37.1 Å². The number of hydrazine groups is 1. The highest BCUT2D eigenvalue weighted by atomic mass is 35.5. The summed E-state index contributed by atoms with van der Waals surface area (Å²) >= 11 is 5.40. The van der Waals surface area contributed by atoms with Crippen LogP contribution in [0.25, 0.3) is 0 Å². The maximum Gasteiger partial charge on any atom is 0.315 e. The number of halogens is 4. The number of likely N-dealkylation sites (tertiary alicyclic amines) is 1. The van der Waals surface area contributed by atoms with Crippen LogP contribution in [0.15, 0.2) is 0 Å². The first-order valence-electron chi connectivity index (χ1n) is 13.0. The lowest BCUT2D eigenvalue weighted by atomic mass is 9.85. The maximum absolute atomic E-state index is 13.9. The predicted octanol–water partition coefficient (Wildman–Crippen LogP) is 1.72. The van der Waals surface area contributed by atoms with Crippen LogP contribution in [0.5, 0.6) is 0 Å². The summed E-state index contributed by atoms with van der Waals surface area (Å²) in [6.45, 7) is 8.20. The molecular formula is C25H37ClF3N5O5. The van der Waals surface area contributed by atoms with E-state index in [0.717, 1.165) is 12.8 Å². The summed E-state index contributed by atoms with van der Waals surface area (Å²) < 4.78 is 40.0. The molecular weight excluding hydrogens is 543 g/mol. The van der Waals surface area contributed by atoms with Gasteiger partial charge in [-0.25, -0.2) is 9.40 Å². The van der Waals surface area contributed by atoms with Crippen LogP contribution in [0, 0.1) is 23.2 Å². The van der Waals surface area contributed by atoms with Gasteiger partial charge in [0.1, 0.15) is 12.1 Å². The third kappa shape index (κ3) is 6.96. The molecule has 3 rings (SSSR count). The smallest absolute Gasteiger partial charge is 0.315 e. The quantitative estimate of drug-likeness (QED) is 0.313. The highest BCUT2D eigenvalue weighted by Crippen LogP contribution is 2.43. The van der Waals surface area contributed by atoms with Gasteiger partial charge in [-0.3, -0.25) is 29.4 Å². The number of nitrogens with one attached hydrogen (secondary N) is 3. The minimum Gasteiger partial charge on any atom is -0.351 e. The number of carbonyl (C=O) groups excluding carboxylic acids is 5. The van der Waals surface area contributed by atoms with E-state index < -0.39 is 64.6 Å². The second-order valence-electron chi connectivity index (χ2n) is 12.4. The summed E-state index contributed by atoms with van der Waals surface area (Å²) in [6.07, 6.45) is -0.873. The third-order valence-electron chi connectivity index (χ3n) is 7.73. The fourth-order valence-corrected chi connectivity index (χ4v) is 6.08. The van der Waals surface area contributed by atoms with Gasteiger partial charge >= 0.3 is 6.43 Å². The fourth-order valence-electron chi connectivity index (χ4n) is 5.96. The molecule has 0 radical (unpaired) electrons. The Morgan fingerprint density at radius 3 is 2.33 bits per heavy atom. The van der Waals surface area contributed by atoms with Crippen LogP contribution in [0.2, 0.25) is 0 Å². The van der Waals surface area contributed by atoms with E-state index in [1.165, 1.54) is 4.90 Å². The Kier molecular flexibility index (Phi) is 9.13. The van der Waals surface area contributed by atoms with Crippen LogP contribution in [0.3, 0.4) is 0 Å². The number of alkyl halides is 4. The molecule has 39 heavy (non-hydrogen) atoms. The average Bonchev–Trinajstić information content (AvgIpc) is 3.46. The van der Waals surface area contributed by atoms with Crippen LogP contribution in [0.1, 0.15) is 60.3 Å². The number of rotatable bonds is 7. The molecule has 6 atom stereocenters. The Morgan fingerprint density at radius 1 is 1.18 bits per heavy atom. The Bertz CT molecular complexity index is 1010. The lowest BCUT2D eigenvalue weighted by Crippen LogP contribution is -2.61. The van der Waals surface area contributed by atoms with Gasteiger partial charge in [0.05, 0.1) is 12.5 Å². The molecule has 0 aromatic heterocycles. The standard InChI is InChI=1S/C25H37ClF3N5O5/c1-24(2,3)16(30-21(37)18(28)29)22(38)33-10-12-7-6-8-14(12)15(33)20(36)32-34(23(39)17(26)27)11-13-9-25(4,5)31-19(13)35/h12-18H,6-11H2,1-5H3,(H,30,37)(H,31,35)(H,32,36)/t12-,13+,14-,15-,16+,17-/m0/s1. The Balaban J connectivity index is 1.87.